The van der Waals surface area contributed by atoms with E-state index in [0.717, 1.165) is 11.1 Å². The Morgan fingerprint density at radius 3 is 1.00 bits per heavy atom. The average Bonchev–Trinajstić information content (AvgIpc) is 3.29. The van der Waals surface area contributed by atoms with Gasteiger partial charge in [0.05, 0.1) is 49.4 Å². The van der Waals surface area contributed by atoms with E-state index in [0.29, 0.717) is 70.0 Å². The van der Waals surface area contributed by atoms with Crippen LogP contribution in [0.5, 0.6) is 0 Å². The van der Waals surface area contributed by atoms with Crippen molar-refractivity contribution in [2.45, 2.75) is 76.7 Å². The lowest BCUT2D eigenvalue weighted by atomic mass is 9.88. The number of carbonyl (C=O) groups is 7. The number of esters is 6. The van der Waals surface area contributed by atoms with Gasteiger partial charge in [0.2, 0.25) is 0 Å². The molecule has 0 aliphatic heterocycles. The first-order valence-corrected chi connectivity index (χ1v) is 25.9. The van der Waals surface area contributed by atoms with Gasteiger partial charge in [0.15, 0.2) is 5.78 Å². The monoisotopic (exact) mass is 1000 g/mol. The van der Waals surface area contributed by atoms with E-state index in [2.05, 4.69) is 50.5 Å². The maximum atomic E-state index is 13.6. The third-order valence-corrected chi connectivity index (χ3v) is 12.8. The molecule has 0 aliphatic carbocycles. The van der Waals surface area contributed by atoms with Crippen LogP contribution in [0.4, 0.5) is 0 Å². The predicted molar refractivity (Wildman–Crippen MR) is 263 cm³/mol. The Hall–Kier alpha value is -2.97. The number of rotatable bonds is 34. The second kappa shape index (κ2) is 32.7. The predicted octanol–water partition coefficient (Wildman–Crippen LogP) is 7.50. The molecule has 64 heavy (non-hydrogen) atoms. The van der Waals surface area contributed by atoms with Crippen LogP contribution in [0.25, 0.3) is 0 Å². The number of ether oxygens (including phenoxy) is 6. The van der Waals surface area contributed by atoms with Gasteiger partial charge in [-0.15, -0.1) is 0 Å². The van der Waals surface area contributed by atoms with Crippen LogP contribution in [0.1, 0.15) is 92.3 Å². The summed E-state index contributed by atoms with van der Waals surface area (Å²) in [7, 11) is 0. The minimum atomic E-state index is -0.896. The van der Waals surface area contributed by atoms with E-state index in [1.807, 2.05) is 50.2 Å². The Balaban J connectivity index is 1.88. The van der Waals surface area contributed by atoms with Gasteiger partial charge in [-0.2, -0.15) is 74.0 Å². The van der Waals surface area contributed by atoms with Gasteiger partial charge in [-0.05, 0) is 36.1 Å². The van der Waals surface area contributed by atoms with Crippen LogP contribution in [0.2, 0.25) is 0 Å². The molecule has 0 spiro atoms. The van der Waals surface area contributed by atoms with Crippen molar-refractivity contribution >= 4 is 116 Å². The highest BCUT2D eigenvalue weighted by Crippen LogP contribution is 2.27. The lowest BCUT2D eigenvalue weighted by Crippen LogP contribution is -2.39. The first-order chi connectivity index (χ1) is 30.8. The van der Waals surface area contributed by atoms with Crippen LogP contribution in [-0.2, 0) is 68.7 Å². The molecule has 2 aromatic carbocycles. The molecule has 0 bridgehead atoms. The number of carbonyl (C=O) groups excluding carboxylic acids is 7. The zero-order chi connectivity index (χ0) is 47.2. The molecule has 19 heteroatoms. The lowest BCUT2D eigenvalue weighted by Gasteiger charge is -2.31. The lowest BCUT2D eigenvalue weighted by molar-refractivity contribution is -0.164. The van der Waals surface area contributed by atoms with Crippen molar-refractivity contribution in [3.8, 4) is 0 Å². The molecular weight excluding hydrogens is 941 g/mol. The van der Waals surface area contributed by atoms with Gasteiger partial charge >= 0.3 is 35.8 Å². The summed E-state index contributed by atoms with van der Waals surface area (Å²) in [4.78, 5) is 87.2. The van der Waals surface area contributed by atoms with Gasteiger partial charge in [0, 0.05) is 57.1 Å². The highest BCUT2D eigenvalue weighted by atomic mass is 32.2. The number of thiol groups is 4. The first kappa shape index (κ1) is 57.2. The number of hydrogen-bond donors (Lipinski definition) is 4. The smallest absolute Gasteiger partial charge is 0.306 e. The zero-order valence-electron chi connectivity index (χ0n) is 36.6. The largest absolute Gasteiger partial charge is 0.465 e. The van der Waals surface area contributed by atoms with Crippen molar-refractivity contribution in [3.63, 3.8) is 0 Å². The molecule has 0 aromatic heterocycles. The minimum Gasteiger partial charge on any atom is -0.465 e. The van der Waals surface area contributed by atoms with Crippen molar-refractivity contribution in [3.05, 3.63) is 70.8 Å². The molecular formula is C45H62O13S6. The molecule has 13 nitrogen and oxygen atoms in total. The van der Waals surface area contributed by atoms with E-state index in [4.69, 9.17) is 28.4 Å². The summed E-state index contributed by atoms with van der Waals surface area (Å²) in [6.45, 7) is 3.20. The van der Waals surface area contributed by atoms with Crippen molar-refractivity contribution in [2.75, 3.05) is 74.2 Å². The first-order valence-electron chi connectivity index (χ1n) is 21.0. The summed E-state index contributed by atoms with van der Waals surface area (Å²) in [5.41, 5.74) is 1.10. The third-order valence-electron chi connectivity index (χ3n) is 9.82. The number of ketones is 1. The standard InChI is InChI=1S/C45H62O13S6/c1-3-44(27-53-37(46)11-17-59,28-54-38(47)12-18-60)31-57-41(50)15-21-63-25-33-7-5-9-35(23-33)43(52)36-10-6-8-34(24-36)26-64-22-16-42(51)58-32-45(4-2,29-55-39(48)13-19-61)30-56-40(49)14-20-62/h5-10,23-24,59-62H,3-4,11-22,25-32H2,1-2H3. The fourth-order valence-electron chi connectivity index (χ4n) is 5.52. The third kappa shape index (κ3) is 23.0. The Labute approximate surface area is 407 Å². The minimum absolute atomic E-state index is 0.0775. The fraction of sp³-hybridized carbons (Fsp3) is 0.578. The fourth-order valence-corrected chi connectivity index (χ4v) is 8.00. The van der Waals surface area contributed by atoms with Gasteiger partial charge in [-0.25, -0.2) is 0 Å². The SMILES string of the molecule is CCC(COC(=O)CCS)(COC(=O)CCS)COC(=O)CCSCc1cccc(C(=O)c2cccc(CSCCC(=O)OCC(CC)(COC(=O)CCS)COC(=O)CCS)c2)c1. The van der Waals surface area contributed by atoms with Crippen LogP contribution in [0.15, 0.2) is 48.5 Å². The molecule has 0 atom stereocenters. The van der Waals surface area contributed by atoms with E-state index >= 15 is 0 Å². The van der Waals surface area contributed by atoms with Crippen molar-refractivity contribution in [1.29, 1.82) is 0 Å². The second-order valence-corrected chi connectivity index (χ2v) is 18.9. The molecule has 2 aromatic rings. The van der Waals surface area contributed by atoms with Gasteiger partial charge in [0.25, 0.3) is 0 Å². The van der Waals surface area contributed by atoms with Gasteiger partial charge in [-0.1, -0.05) is 50.2 Å². The van der Waals surface area contributed by atoms with Crippen LogP contribution < -0.4 is 0 Å². The molecule has 0 N–H and O–H groups in total. The normalized spacial score (nSPS) is 11.3. The summed E-state index contributed by atoms with van der Waals surface area (Å²) >= 11 is 19.3. The highest BCUT2D eigenvalue weighted by Gasteiger charge is 2.35. The molecule has 0 amide bonds. The van der Waals surface area contributed by atoms with Crippen LogP contribution in [0.3, 0.4) is 0 Å². The Kier molecular flexibility index (Phi) is 29.2. The maximum absolute atomic E-state index is 13.6. The van der Waals surface area contributed by atoms with Gasteiger partial charge in [0.1, 0.15) is 39.6 Å². The summed E-state index contributed by atoms with van der Waals surface area (Å²) in [6.07, 6.45) is 1.60. The topological polar surface area (TPSA) is 175 Å². The van der Waals surface area contributed by atoms with Crippen LogP contribution in [-0.4, -0.2) is 116 Å². The molecule has 0 saturated carbocycles. The van der Waals surface area contributed by atoms with Crippen LogP contribution in [0, 0.1) is 10.8 Å². The molecule has 356 valence electrons. The molecule has 0 saturated heterocycles. The molecule has 0 fully saturated rings. The summed E-state index contributed by atoms with van der Waals surface area (Å²) in [6, 6.07) is 14.7. The molecule has 0 heterocycles. The molecule has 0 radical (unpaired) electrons. The number of thioether (sulfide) groups is 2. The van der Waals surface area contributed by atoms with Crippen molar-refractivity contribution < 1.29 is 62.0 Å². The van der Waals surface area contributed by atoms with Gasteiger partial charge in [-0.3, -0.25) is 33.6 Å². The summed E-state index contributed by atoms with van der Waals surface area (Å²) in [5.74, 6) is 0.559. The number of benzene rings is 2. The summed E-state index contributed by atoms with van der Waals surface area (Å²) in [5, 5.41) is 0. The molecule has 0 aliphatic rings. The molecule has 2 rings (SSSR count). The zero-order valence-corrected chi connectivity index (χ0v) is 41.8. The Bertz CT molecular complexity index is 1620. The number of hydrogen-bond acceptors (Lipinski definition) is 19. The Morgan fingerprint density at radius 1 is 0.453 bits per heavy atom. The van der Waals surface area contributed by atoms with Crippen molar-refractivity contribution in [1.82, 2.24) is 0 Å². The van der Waals surface area contributed by atoms with E-state index in [1.165, 1.54) is 23.5 Å². The second-order valence-electron chi connectivity index (χ2n) is 14.9. The van der Waals surface area contributed by atoms with Crippen LogP contribution >= 0.6 is 74.0 Å². The van der Waals surface area contributed by atoms with E-state index in [9.17, 15) is 33.6 Å². The van der Waals surface area contributed by atoms with E-state index in [-0.39, 0.29) is 83.9 Å². The summed E-state index contributed by atoms with van der Waals surface area (Å²) < 4.78 is 32.8. The maximum Gasteiger partial charge on any atom is 0.306 e. The van der Waals surface area contributed by atoms with E-state index in [1.54, 1.807) is 12.1 Å². The van der Waals surface area contributed by atoms with E-state index < -0.39 is 46.6 Å². The van der Waals surface area contributed by atoms with Gasteiger partial charge < -0.3 is 28.4 Å². The average molecular weight is 1000 g/mol. The van der Waals surface area contributed by atoms with Crippen molar-refractivity contribution in [2.24, 2.45) is 10.8 Å². The quantitative estimate of drug-likeness (QED) is 0.0178. The Morgan fingerprint density at radius 2 is 0.734 bits per heavy atom. The molecule has 0 unspecified atom stereocenters. The highest BCUT2D eigenvalue weighted by molar-refractivity contribution is 7.98.